The number of piperazine rings is 1. The first-order chi connectivity index (χ1) is 8.94. The number of rotatable bonds is 2. The number of nitriles is 1. The highest BCUT2D eigenvalue weighted by molar-refractivity contribution is 5.31. The van der Waals surface area contributed by atoms with Crippen molar-refractivity contribution in [2.45, 2.75) is 33.2 Å². The monoisotopic (exact) mass is 260 g/mol. The van der Waals surface area contributed by atoms with Gasteiger partial charge in [-0.25, -0.2) is 4.98 Å². The highest BCUT2D eigenvalue weighted by Crippen LogP contribution is 2.18. The van der Waals surface area contributed by atoms with Crippen molar-refractivity contribution in [1.82, 2.24) is 20.1 Å². The molecule has 1 saturated heterocycles. The lowest BCUT2D eigenvalue weighted by Crippen LogP contribution is -2.54. The van der Waals surface area contributed by atoms with Crippen LogP contribution in [0.15, 0.2) is 0 Å². The maximum Gasteiger partial charge on any atom is 0.245 e. The van der Waals surface area contributed by atoms with Crippen LogP contribution in [0.2, 0.25) is 0 Å². The molecule has 0 spiro atoms. The molecule has 19 heavy (non-hydrogen) atoms. The van der Waals surface area contributed by atoms with E-state index in [1.165, 1.54) is 0 Å². The zero-order chi connectivity index (χ0) is 14.0. The molecule has 0 amide bonds. The lowest BCUT2D eigenvalue weighted by atomic mass is 10.0. The van der Waals surface area contributed by atoms with E-state index >= 15 is 0 Å². The standard InChI is InChI=1S/C13H20N6/c1-10-11(2)16-17-12(15-10)18-5-7-19(8-6-18)13(3,4)9-14/h5-8H2,1-4H3. The normalized spacial score (nSPS) is 17.3. The minimum absolute atomic E-state index is 0.408. The van der Waals surface area contributed by atoms with Gasteiger partial charge >= 0.3 is 0 Å². The van der Waals surface area contributed by atoms with Gasteiger partial charge in [0.2, 0.25) is 5.95 Å². The van der Waals surface area contributed by atoms with Crippen LogP contribution in [0.3, 0.4) is 0 Å². The lowest BCUT2D eigenvalue weighted by Gasteiger charge is -2.40. The summed E-state index contributed by atoms with van der Waals surface area (Å²) in [6.45, 7) is 11.1. The first-order valence-corrected chi connectivity index (χ1v) is 6.53. The van der Waals surface area contributed by atoms with Crippen molar-refractivity contribution in [2.75, 3.05) is 31.1 Å². The number of aromatic nitrogens is 3. The smallest absolute Gasteiger partial charge is 0.245 e. The lowest BCUT2D eigenvalue weighted by molar-refractivity contribution is 0.157. The molecule has 0 atom stereocenters. The maximum absolute atomic E-state index is 9.16. The molecule has 0 N–H and O–H groups in total. The van der Waals surface area contributed by atoms with Gasteiger partial charge in [0.25, 0.3) is 0 Å². The molecule has 1 fully saturated rings. The first kappa shape index (κ1) is 13.7. The zero-order valence-corrected chi connectivity index (χ0v) is 12.0. The second kappa shape index (κ2) is 5.10. The molecule has 6 heteroatoms. The van der Waals surface area contributed by atoms with Gasteiger partial charge in [-0.3, -0.25) is 4.90 Å². The van der Waals surface area contributed by atoms with Crippen LogP contribution in [-0.2, 0) is 0 Å². The maximum atomic E-state index is 9.16. The number of anilines is 1. The number of hydrogen-bond donors (Lipinski definition) is 0. The summed E-state index contributed by atoms with van der Waals surface area (Å²) >= 11 is 0. The van der Waals surface area contributed by atoms with Gasteiger partial charge in [-0.05, 0) is 27.7 Å². The summed E-state index contributed by atoms with van der Waals surface area (Å²) in [5, 5.41) is 17.4. The van der Waals surface area contributed by atoms with Crippen LogP contribution < -0.4 is 4.90 Å². The minimum Gasteiger partial charge on any atom is -0.337 e. The van der Waals surface area contributed by atoms with E-state index in [9.17, 15) is 0 Å². The van der Waals surface area contributed by atoms with Crippen molar-refractivity contribution in [3.63, 3.8) is 0 Å². The molecule has 0 aliphatic carbocycles. The second-order valence-corrected chi connectivity index (χ2v) is 5.43. The van der Waals surface area contributed by atoms with Crippen molar-refractivity contribution in [2.24, 2.45) is 0 Å². The van der Waals surface area contributed by atoms with Crippen molar-refractivity contribution in [3.05, 3.63) is 11.4 Å². The van der Waals surface area contributed by atoms with Crippen molar-refractivity contribution in [3.8, 4) is 6.07 Å². The molecule has 0 bridgehead atoms. The van der Waals surface area contributed by atoms with Crippen molar-refractivity contribution < 1.29 is 0 Å². The van der Waals surface area contributed by atoms with Crippen LogP contribution in [0.5, 0.6) is 0 Å². The summed E-state index contributed by atoms with van der Waals surface area (Å²) in [6.07, 6.45) is 0. The summed E-state index contributed by atoms with van der Waals surface area (Å²) in [7, 11) is 0. The molecule has 6 nitrogen and oxygen atoms in total. The third-order valence-corrected chi connectivity index (χ3v) is 3.71. The Kier molecular flexibility index (Phi) is 3.67. The highest BCUT2D eigenvalue weighted by atomic mass is 15.4. The van der Waals surface area contributed by atoms with E-state index in [-0.39, 0.29) is 0 Å². The SMILES string of the molecule is Cc1nnc(N2CCN(C(C)(C)C#N)CC2)nc1C. The number of hydrogen-bond acceptors (Lipinski definition) is 6. The summed E-state index contributed by atoms with van der Waals surface area (Å²) in [5.41, 5.74) is 1.38. The van der Waals surface area contributed by atoms with Gasteiger partial charge in [0.1, 0.15) is 5.54 Å². The molecule has 102 valence electrons. The third kappa shape index (κ3) is 2.82. The first-order valence-electron chi connectivity index (χ1n) is 6.53. The average Bonchev–Trinajstić information content (AvgIpc) is 2.42. The summed E-state index contributed by atoms with van der Waals surface area (Å²) in [4.78, 5) is 8.79. The molecule has 2 rings (SSSR count). The Balaban J connectivity index is 2.04. The largest absolute Gasteiger partial charge is 0.337 e. The predicted octanol–water partition coefficient (Wildman–Crippen LogP) is 0.913. The van der Waals surface area contributed by atoms with E-state index in [2.05, 4.69) is 31.1 Å². The summed E-state index contributed by atoms with van der Waals surface area (Å²) < 4.78 is 0. The van der Waals surface area contributed by atoms with E-state index in [0.29, 0.717) is 5.95 Å². The van der Waals surface area contributed by atoms with Crippen LogP contribution in [0.4, 0.5) is 5.95 Å². The predicted molar refractivity (Wildman–Crippen MR) is 72.8 cm³/mol. The van der Waals surface area contributed by atoms with Crippen LogP contribution in [-0.4, -0.2) is 51.8 Å². The van der Waals surface area contributed by atoms with Crippen LogP contribution in [0.1, 0.15) is 25.2 Å². The van der Waals surface area contributed by atoms with Crippen LogP contribution >= 0.6 is 0 Å². The fourth-order valence-corrected chi connectivity index (χ4v) is 2.12. The van der Waals surface area contributed by atoms with Gasteiger partial charge < -0.3 is 4.90 Å². The summed E-state index contributed by atoms with van der Waals surface area (Å²) in [5.74, 6) is 0.692. The van der Waals surface area contributed by atoms with Crippen molar-refractivity contribution >= 4 is 5.95 Å². The zero-order valence-electron chi connectivity index (χ0n) is 12.0. The van der Waals surface area contributed by atoms with Crippen LogP contribution in [0.25, 0.3) is 0 Å². The molecule has 1 aliphatic rings. The average molecular weight is 260 g/mol. The number of nitrogens with zero attached hydrogens (tertiary/aromatic N) is 6. The Morgan fingerprint density at radius 2 is 1.68 bits per heavy atom. The molecule has 0 saturated carbocycles. The van der Waals surface area contributed by atoms with Crippen molar-refractivity contribution in [1.29, 1.82) is 5.26 Å². The molecule has 2 heterocycles. The topological polar surface area (TPSA) is 68.9 Å². The van der Waals surface area contributed by atoms with Crippen LogP contribution in [0, 0.1) is 25.2 Å². The minimum atomic E-state index is -0.408. The molecular weight excluding hydrogens is 240 g/mol. The number of aryl methyl sites for hydroxylation is 2. The molecular formula is C13H20N6. The van der Waals surface area contributed by atoms with E-state index in [4.69, 9.17) is 5.26 Å². The molecule has 0 unspecified atom stereocenters. The summed E-state index contributed by atoms with van der Waals surface area (Å²) in [6, 6.07) is 2.35. The molecule has 1 aromatic heterocycles. The Hall–Kier alpha value is -1.74. The molecule has 0 aromatic carbocycles. The Bertz CT molecular complexity index is 496. The fraction of sp³-hybridized carbons (Fsp3) is 0.692. The van der Waals surface area contributed by atoms with Gasteiger partial charge in [-0.1, -0.05) is 0 Å². The molecule has 1 aromatic rings. The van der Waals surface area contributed by atoms with Gasteiger partial charge in [0.05, 0.1) is 17.5 Å². The Morgan fingerprint density at radius 3 is 2.21 bits per heavy atom. The Morgan fingerprint density at radius 1 is 1.05 bits per heavy atom. The molecule has 0 radical (unpaired) electrons. The Labute approximate surface area is 114 Å². The van der Waals surface area contributed by atoms with E-state index in [1.807, 2.05) is 27.7 Å². The fourth-order valence-electron chi connectivity index (χ4n) is 2.12. The van der Waals surface area contributed by atoms with E-state index in [0.717, 1.165) is 37.6 Å². The van der Waals surface area contributed by atoms with Gasteiger partial charge in [0.15, 0.2) is 0 Å². The highest BCUT2D eigenvalue weighted by Gasteiger charge is 2.30. The second-order valence-electron chi connectivity index (χ2n) is 5.43. The van der Waals surface area contributed by atoms with E-state index in [1.54, 1.807) is 0 Å². The molecule has 1 aliphatic heterocycles. The third-order valence-electron chi connectivity index (χ3n) is 3.71. The van der Waals surface area contributed by atoms with Gasteiger partial charge in [-0.2, -0.15) is 10.4 Å². The van der Waals surface area contributed by atoms with Gasteiger partial charge in [-0.15, -0.1) is 5.10 Å². The quantitative estimate of drug-likeness (QED) is 0.787. The van der Waals surface area contributed by atoms with E-state index < -0.39 is 5.54 Å². The van der Waals surface area contributed by atoms with Gasteiger partial charge in [0, 0.05) is 26.2 Å².